The molecule has 0 aliphatic rings. The average molecular weight is 562 g/mol. The summed E-state index contributed by atoms with van der Waals surface area (Å²) in [4.78, 5) is 17.3. The molecule has 0 saturated carbocycles. The third-order valence-electron chi connectivity index (χ3n) is 4.15. The molecule has 0 fully saturated rings. The Morgan fingerprint density at radius 2 is 1.31 bits per heavy atom. The molecule has 0 atom stereocenters. The van der Waals surface area contributed by atoms with Crippen LogP contribution in [0.3, 0.4) is 0 Å². The van der Waals surface area contributed by atoms with Crippen molar-refractivity contribution in [2.45, 2.75) is 13.2 Å². The molecule has 32 heavy (non-hydrogen) atoms. The summed E-state index contributed by atoms with van der Waals surface area (Å²) in [6.07, 6.45) is 2.94. The van der Waals surface area contributed by atoms with Gasteiger partial charge in [-0.15, -0.1) is 0 Å². The maximum Gasteiger partial charge on any atom is 0.266 e. The number of benzene rings is 2. The Kier molecular flexibility index (Phi) is 9.01. The summed E-state index contributed by atoms with van der Waals surface area (Å²) >= 11 is 6.28. The number of H-pyrrole nitrogens is 1. The molecule has 4 aromatic rings. The highest BCUT2D eigenvalue weighted by atomic mass is 79.9. The van der Waals surface area contributed by atoms with Gasteiger partial charge in [0.25, 0.3) is 5.56 Å². The van der Waals surface area contributed by atoms with Crippen LogP contribution in [0.5, 0.6) is 11.5 Å². The highest BCUT2D eigenvalue weighted by Crippen LogP contribution is 2.26. The van der Waals surface area contributed by atoms with Crippen molar-refractivity contribution in [1.82, 2.24) is 9.97 Å². The molecule has 4 rings (SSSR count). The maximum atomic E-state index is 13.1. The molecule has 5 nitrogen and oxygen atoms in total. The highest BCUT2D eigenvalue weighted by molar-refractivity contribution is 9.10. The molecule has 2 aromatic heterocycles. The monoisotopic (exact) mass is 560 g/mol. The number of aromatic amines is 1. The molecule has 0 amide bonds. The summed E-state index contributed by atoms with van der Waals surface area (Å²) in [5.74, 6) is 0.439. The van der Waals surface area contributed by atoms with Gasteiger partial charge in [-0.05, 0) is 55.1 Å². The Morgan fingerprint density at radius 3 is 1.88 bits per heavy atom. The first-order valence-electron chi connectivity index (χ1n) is 9.55. The van der Waals surface area contributed by atoms with E-state index in [0.717, 1.165) is 11.1 Å². The van der Waals surface area contributed by atoms with Crippen molar-refractivity contribution in [2.24, 2.45) is 0 Å². The van der Waals surface area contributed by atoms with E-state index >= 15 is 0 Å². The van der Waals surface area contributed by atoms with E-state index in [2.05, 4.69) is 41.8 Å². The number of hydrogen-bond acceptors (Lipinski definition) is 4. The molecule has 0 bridgehead atoms. The third-order valence-corrected chi connectivity index (χ3v) is 5.62. The molecule has 2 aromatic carbocycles. The van der Waals surface area contributed by atoms with Gasteiger partial charge in [0.15, 0.2) is 0 Å². The smallest absolute Gasteiger partial charge is 0.266 e. The second-order valence-corrected chi connectivity index (χ2v) is 8.03. The van der Waals surface area contributed by atoms with E-state index in [9.17, 15) is 9.18 Å². The van der Waals surface area contributed by atoms with Crippen molar-refractivity contribution in [1.29, 1.82) is 0 Å². The molecule has 0 saturated heterocycles. The van der Waals surface area contributed by atoms with Gasteiger partial charge in [0.2, 0.25) is 5.95 Å². The molecule has 8 heteroatoms. The number of nitrogens with zero attached hydrogens (tertiary/aromatic N) is 1. The molecule has 2 heterocycles. The fraction of sp³-hybridized carbons (Fsp3) is 0.0833. The minimum atomic E-state index is -0.564. The van der Waals surface area contributed by atoms with Gasteiger partial charge in [0.05, 0.1) is 0 Å². The van der Waals surface area contributed by atoms with Crippen LogP contribution in [0.25, 0.3) is 0 Å². The standard InChI is InChI=1S/C12H9BrFNO.C12H10BrNO2/c13-11-10(6-7-15-12(11)14)16-8-9-4-2-1-3-5-9;13-11-10(6-7-14-12(11)15)16-8-9-4-2-1-3-5-9/h1-7H,8H2;1-7H,8H2,(H,14,15). The lowest BCUT2D eigenvalue weighted by Crippen LogP contribution is -2.07. The second kappa shape index (κ2) is 12.2. The first-order valence-corrected chi connectivity index (χ1v) is 11.1. The summed E-state index contributed by atoms with van der Waals surface area (Å²) in [7, 11) is 0. The summed E-state index contributed by atoms with van der Waals surface area (Å²) in [6, 6.07) is 22.8. The van der Waals surface area contributed by atoms with E-state index < -0.39 is 5.95 Å². The van der Waals surface area contributed by atoms with Crippen LogP contribution in [-0.4, -0.2) is 9.97 Å². The minimum Gasteiger partial charge on any atom is -0.487 e. The maximum absolute atomic E-state index is 13.1. The van der Waals surface area contributed by atoms with Crippen molar-refractivity contribution in [3.05, 3.63) is 122 Å². The number of hydrogen-bond donors (Lipinski definition) is 1. The molecule has 0 aliphatic carbocycles. The van der Waals surface area contributed by atoms with Gasteiger partial charge in [-0.2, -0.15) is 4.39 Å². The van der Waals surface area contributed by atoms with Crippen molar-refractivity contribution in [3.8, 4) is 11.5 Å². The van der Waals surface area contributed by atoms with Gasteiger partial charge >= 0.3 is 0 Å². The summed E-state index contributed by atoms with van der Waals surface area (Å²) in [5, 5.41) is 0. The normalized spacial score (nSPS) is 10.1. The van der Waals surface area contributed by atoms with Crippen LogP contribution in [0, 0.1) is 5.95 Å². The predicted molar refractivity (Wildman–Crippen MR) is 128 cm³/mol. The van der Waals surface area contributed by atoms with Crippen molar-refractivity contribution in [3.63, 3.8) is 0 Å². The van der Waals surface area contributed by atoms with E-state index in [0.29, 0.717) is 29.2 Å². The topological polar surface area (TPSA) is 64.2 Å². The highest BCUT2D eigenvalue weighted by Gasteiger charge is 2.07. The van der Waals surface area contributed by atoms with Gasteiger partial charge < -0.3 is 14.5 Å². The van der Waals surface area contributed by atoms with Crippen LogP contribution >= 0.6 is 31.9 Å². The number of halogens is 3. The van der Waals surface area contributed by atoms with Crippen molar-refractivity contribution >= 4 is 31.9 Å². The number of pyridine rings is 2. The number of rotatable bonds is 6. The van der Waals surface area contributed by atoms with Crippen LogP contribution in [0.1, 0.15) is 11.1 Å². The van der Waals surface area contributed by atoms with Gasteiger partial charge in [-0.25, -0.2) is 4.98 Å². The Labute approximate surface area is 201 Å². The SMILES string of the molecule is Fc1nccc(OCc2ccccc2)c1Br.O=c1[nH]ccc(OCc2ccccc2)c1Br. The fourth-order valence-corrected chi connectivity index (χ4v) is 3.25. The Morgan fingerprint density at radius 1 is 0.781 bits per heavy atom. The Balaban J connectivity index is 0.000000181. The zero-order valence-corrected chi connectivity index (χ0v) is 20.0. The molecular weight excluding hydrogens is 543 g/mol. The molecule has 0 unspecified atom stereocenters. The summed E-state index contributed by atoms with van der Waals surface area (Å²) in [6.45, 7) is 0.853. The molecule has 0 aliphatic heterocycles. The average Bonchev–Trinajstić information content (AvgIpc) is 2.83. The molecule has 1 N–H and O–H groups in total. The van der Waals surface area contributed by atoms with E-state index in [1.165, 1.54) is 6.20 Å². The third kappa shape index (κ3) is 7.03. The zero-order chi connectivity index (χ0) is 22.8. The minimum absolute atomic E-state index is 0.189. The first kappa shape index (κ1) is 23.7. The summed E-state index contributed by atoms with van der Waals surface area (Å²) < 4.78 is 24.8. The lowest BCUT2D eigenvalue weighted by atomic mass is 10.2. The summed E-state index contributed by atoms with van der Waals surface area (Å²) in [5.41, 5.74) is 1.91. The van der Waals surface area contributed by atoms with Crippen LogP contribution in [0.15, 0.2) is 98.9 Å². The molecule has 0 spiro atoms. The van der Waals surface area contributed by atoms with Crippen LogP contribution in [0.4, 0.5) is 4.39 Å². The van der Waals surface area contributed by atoms with Gasteiger partial charge in [0.1, 0.15) is 33.7 Å². The van der Waals surface area contributed by atoms with Gasteiger partial charge in [-0.3, -0.25) is 4.79 Å². The van der Waals surface area contributed by atoms with E-state index in [1.807, 2.05) is 60.7 Å². The fourth-order valence-electron chi connectivity index (χ4n) is 2.54. The number of ether oxygens (including phenoxy) is 2. The Bertz CT molecular complexity index is 1190. The van der Waals surface area contributed by atoms with Crippen molar-refractivity contribution in [2.75, 3.05) is 0 Å². The van der Waals surface area contributed by atoms with E-state index in [4.69, 9.17) is 9.47 Å². The first-order chi connectivity index (χ1) is 15.5. The Hall–Kier alpha value is -2.97. The zero-order valence-electron chi connectivity index (χ0n) is 16.8. The molecular formula is C24H19Br2FN2O3. The number of aromatic nitrogens is 2. The van der Waals surface area contributed by atoms with Crippen molar-refractivity contribution < 1.29 is 13.9 Å². The molecule has 164 valence electrons. The predicted octanol–water partition coefficient (Wildman–Crippen LogP) is 6.28. The lowest BCUT2D eigenvalue weighted by Gasteiger charge is -2.07. The van der Waals surface area contributed by atoms with Crippen LogP contribution < -0.4 is 15.0 Å². The van der Waals surface area contributed by atoms with Crippen LogP contribution in [0.2, 0.25) is 0 Å². The lowest BCUT2D eigenvalue weighted by molar-refractivity contribution is 0.301. The van der Waals surface area contributed by atoms with Gasteiger partial charge in [0, 0.05) is 12.4 Å². The van der Waals surface area contributed by atoms with Gasteiger partial charge in [-0.1, -0.05) is 60.7 Å². The van der Waals surface area contributed by atoms with E-state index in [1.54, 1.807) is 18.3 Å². The second-order valence-electron chi connectivity index (χ2n) is 6.45. The largest absolute Gasteiger partial charge is 0.487 e. The van der Waals surface area contributed by atoms with Crippen LogP contribution in [-0.2, 0) is 13.2 Å². The quantitative estimate of drug-likeness (QED) is 0.281. The van der Waals surface area contributed by atoms with E-state index in [-0.39, 0.29) is 10.0 Å². The number of nitrogens with one attached hydrogen (secondary N) is 1. The molecule has 0 radical (unpaired) electrons.